The summed E-state index contributed by atoms with van der Waals surface area (Å²) in [5, 5.41) is 14.4. The molecule has 0 aliphatic heterocycles. The molecule has 0 radical (unpaired) electrons. The van der Waals surface area contributed by atoms with Gasteiger partial charge in [0.15, 0.2) is 5.75 Å². The summed E-state index contributed by atoms with van der Waals surface area (Å²) in [7, 11) is 1.46. The molecule has 0 heterocycles. The molecule has 0 fully saturated rings. The first-order valence-corrected chi connectivity index (χ1v) is 6.84. The van der Waals surface area contributed by atoms with Crippen LogP contribution in [0.5, 0.6) is 5.75 Å². The number of hydrogen-bond donors (Lipinski definition) is 1. The molecule has 0 amide bonds. The Kier molecular flexibility index (Phi) is 5.51. The third kappa shape index (κ3) is 4.20. The molecular formula is C15H24N2O3. The largest absolute Gasteiger partial charge is 0.490 e. The number of nitrogens with zero attached hydrogens (tertiary/aromatic N) is 1. The molecule has 112 valence electrons. The second kappa shape index (κ2) is 6.70. The van der Waals surface area contributed by atoms with Crippen LogP contribution in [-0.4, -0.2) is 24.6 Å². The van der Waals surface area contributed by atoms with Gasteiger partial charge in [0, 0.05) is 12.1 Å². The lowest BCUT2D eigenvalue weighted by Crippen LogP contribution is -2.41. The number of benzene rings is 1. The van der Waals surface area contributed by atoms with Crippen molar-refractivity contribution in [3.05, 3.63) is 33.9 Å². The highest BCUT2D eigenvalue weighted by Crippen LogP contribution is 2.30. The number of ether oxygens (including phenoxy) is 1. The van der Waals surface area contributed by atoms with E-state index >= 15 is 0 Å². The fourth-order valence-electron chi connectivity index (χ4n) is 2.17. The maximum Gasteiger partial charge on any atom is 0.310 e. The summed E-state index contributed by atoms with van der Waals surface area (Å²) in [4.78, 5) is 10.5. The van der Waals surface area contributed by atoms with Crippen molar-refractivity contribution in [2.75, 3.05) is 13.7 Å². The van der Waals surface area contributed by atoms with Gasteiger partial charge in [-0.3, -0.25) is 10.1 Å². The molecule has 1 rings (SSSR count). The van der Waals surface area contributed by atoms with E-state index in [4.69, 9.17) is 4.74 Å². The van der Waals surface area contributed by atoms with Crippen molar-refractivity contribution in [2.24, 2.45) is 5.41 Å². The van der Waals surface area contributed by atoms with E-state index in [9.17, 15) is 10.1 Å². The van der Waals surface area contributed by atoms with Gasteiger partial charge in [-0.15, -0.1) is 0 Å². The quantitative estimate of drug-likeness (QED) is 0.642. The molecule has 5 nitrogen and oxygen atoms in total. The SMILES string of the molecule is CCNC(Cc1ccc([N+](=O)[O-])c(OC)c1)C(C)(C)C. The van der Waals surface area contributed by atoms with Gasteiger partial charge in [-0.25, -0.2) is 0 Å². The Morgan fingerprint density at radius 3 is 2.50 bits per heavy atom. The van der Waals surface area contributed by atoms with Gasteiger partial charge in [0.2, 0.25) is 0 Å². The minimum atomic E-state index is -0.422. The van der Waals surface area contributed by atoms with Crippen molar-refractivity contribution >= 4 is 5.69 Å². The molecule has 0 saturated carbocycles. The summed E-state index contributed by atoms with van der Waals surface area (Å²) >= 11 is 0. The number of likely N-dealkylation sites (N-methyl/N-ethyl adjacent to an activating group) is 1. The van der Waals surface area contributed by atoms with Crippen molar-refractivity contribution in [3.8, 4) is 5.75 Å². The maximum atomic E-state index is 10.9. The summed E-state index contributed by atoms with van der Waals surface area (Å²) < 4.78 is 5.11. The number of hydrogen-bond acceptors (Lipinski definition) is 4. The zero-order chi connectivity index (χ0) is 15.3. The number of nitrogens with one attached hydrogen (secondary N) is 1. The number of nitro benzene ring substituents is 1. The van der Waals surface area contributed by atoms with Crippen LogP contribution in [0.3, 0.4) is 0 Å². The first kappa shape index (κ1) is 16.4. The zero-order valence-corrected chi connectivity index (χ0v) is 12.9. The molecular weight excluding hydrogens is 256 g/mol. The number of nitro groups is 1. The lowest BCUT2D eigenvalue weighted by molar-refractivity contribution is -0.385. The molecule has 1 N–H and O–H groups in total. The van der Waals surface area contributed by atoms with Crippen LogP contribution in [0, 0.1) is 15.5 Å². The molecule has 20 heavy (non-hydrogen) atoms. The Balaban J connectivity index is 2.99. The van der Waals surface area contributed by atoms with Gasteiger partial charge >= 0.3 is 5.69 Å². The molecule has 0 spiro atoms. The van der Waals surface area contributed by atoms with Gasteiger partial charge in [0.1, 0.15) is 0 Å². The van der Waals surface area contributed by atoms with Gasteiger partial charge in [-0.2, -0.15) is 0 Å². The van der Waals surface area contributed by atoms with Crippen LogP contribution in [0.2, 0.25) is 0 Å². The van der Waals surface area contributed by atoms with Crippen LogP contribution in [0.1, 0.15) is 33.3 Å². The van der Waals surface area contributed by atoms with Crippen molar-refractivity contribution in [1.29, 1.82) is 0 Å². The molecule has 1 atom stereocenters. The highest BCUT2D eigenvalue weighted by molar-refractivity contribution is 5.48. The van der Waals surface area contributed by atoms with E-state index in [1.54, 1.807) is 12.1 Å². The molecule has 1 aromatic carbocycles. The second-order valence-electron chi connectivity index (χ2n) is 5.94. The van der Waals surface area contributed by atoms with E-state index in [0.29, 0.717) is 11.8 Å². The monoisotopic (exact) mass is 280 g/mol. The minimum absolute atomic E-state index is 0.00649. The van der Waals surface area contributed by atoms with Crippen LogP contribution in [0.15, 0.2) is 18.2 Å². The first-order chi connectivity index (χ1) is 9.29. The van der Waals surface area contributed by atoms with Gasteiger partial charge < -0.3 is 10.1 Å². The molecule has 0 aliphatic rings. The lowest BCUT2D eigenvalue weighted by Gasteiger charge is -2.31. The lowest BCUT2D eigenvalue weighted by atomic mass is 9.83. The predicted octanol–water partition coefficient (Wildman–Crippen LogP) is 3.17. The summed E-state index contributed by atoms with van der Waals surface area (Å²) in [5.41, 5.74) is 1.16. The Morgan fingerprint density at radius 2 is 2.05 bits per heavy atom. The maximum absolute atomic E-state index is 10.9. The third-order valence-corrected chi connectivity index (χ3v) is 3.38. The fourth-order valence-corrected chi connectivity index (χ4v) is 2.17. The van der Waals surface area contributed by atoms with Crippen LogP contribution in [0.4, 0.5) is 5.69 Å². The van der Waals surface area contributed by atoms with E-state index in [1.165, 1.54) is 13.2 Å². The molecule has 0 aromatic heterocycles. The molecule has 1 unspecified atom stereocenters. The average Bonchev–Trinajstić information content (AvgIpc) is 2.36. The van der Waals surface area contributed by atoms with Crippen molar-refractivity contribution < 1.29 is 9.66 Å². The molecule has 1 aromatic rings. The summed E-state index contributed by atoms with van der Waals surface area (Å²) in [6, 6.07) is 5.38. The van der Waals surface area contributed by atoms with E-state index in [-0.39, 0.29) is 11.1 Å². The highest BCUT2D eigenvalue weighted by atomic mass is 16.6. The highest BCUT2D eigenvalue weighted by Gasteiger charge is 2.25. The summed E-state index contributed by atoms with van der Waals surface area (Å²) in [6.45, 7) is 9.52. The Morgan fingerprint density at radius 1 is 1.40 bits per heavy atom. The van der Waals surface area contributed by atoms with E-state index in [1.807, 2.05) is 0 Å². The van der Waals surface area contributed by atoms with Crippen LogP contribution in [0.25, 0.3) is 0 Å². The van der Waals surface area contributed by atoms with Crippen molar-refractivity contribution in [3.63, 3.8) is 0 Å². The standard InChI is InChI=1S/C15H24N2O3/c1-6-16-14(15(2,3)4)10-11-7-8-12(17(18)19)13(9-11)20-5/h7-9,14,16H,6,10H2,1-5H3. The smallest absolute Gasteiger partial charge is 0.310 e. The summed E-state index contributed by atoms with van der Waals surface area (Å²) in [6.07, 6.45) is 0.811. The van der Waals surface area contributed by atoms with Crippen LogP contribution in [-0.2, 0) is 6.42 Å². The van der Waals surface area contributed by atoms with Crippen molar-refractivity contribution in [1.82, 2.24) is 5.32 Å². The average molecular weight is 280 g/mol. The van der Waals surface area contributed by atoms with E-state index in [2.05, 4.69) is 33.0 Å². The topological polar surface area (TPSA) is 64.4 Å². The first-order valence-electron chi connectivity index (χ1n) is 6.84. The van der Waals surface area contributed by atoms with Crippen LogP contribution >= 0.6 is 0 Å². The summed E-state index contributed by atoms with van der Waals surface area (Å²) in [5.74, 6) is 0.316. The third-order valence-electron chi connectivity index (χ3n) is 3.38. The van der Waals surface area contributed by atoms with E-state index in [0.717, 1.165) is 18.5 Å². The Bertz CT molecular complexity index is 467. The van der Waals surface area contributed by atoms with Gasteiger partial charge in [0.05, 0.1) is 12.0 Å². The number of methoxy groups -OCH3 is 1. The predicted molar refractivity (Wildman–Crippen MR) is 80.3 cm³/mol. The minimum Gasteiger partial charge on any atom is -0.490 e. The second-order valence-corrected chi connectivity index (χ2v) is 5.94. The molecule has 0 aliphatic carbocycles. The Labute approximate surface area is 120 Å². The number of rotatable bonds is 6. The fraction of sp³-hybridized carbons (Fsp3) is 0.600. The van der Waals surface area contributed by atoms with Gasteiger partial charge in [0.25, 0.3) is 0 Å². The van der Waals surface area contributed by atoms with Crippen molar-refractivity contribution in [2.45, 2.75) is 40.2 Å². The van der Waals surface area contributed by atoms with Gasteiger partial charge in [-0.1, -0.05) is 33.8 Å². The van der Waals surface area contributed by atoms with Gasteiger partial charge in [-0.05, 0) is 30.0 Å². The zero-order valence-electron chi connectivity index (χ0n) is 12.9. The molecule has 0 saturated heterocycles. The van der Waals surface area contributed by atoms with Crippen LogP contribution < -0.4 is 10.1 Å². The van der Waals surface area contributed by atoms with E-state index < -0.39 is 4.92 Å². The normalized spacial score (nSPS) is 13.1. The Hall–Kier alpha value is -1.62. The molecule has 0 bridgehead atoms. The molecule has 5 heteroatoms.